The molecular formula is C16H22Cl2N4. The largest absolute Gasteiger partial charge is 0.311 e. The van der Waals surface area contributed by atoms with Crippen molar-refractivity contribution in [1.82, 2.24) is 19.6 Å². The first-order chi connectivity index (χ1) is 10.2. The summed E-state index contributed by atoms with van der Waals surface area (Å²) in [5.74, 6) is 0. The first-order valence-electron chi connectivity index (χ1n) is 7.77. The minimum atomic E-state index is 0. The molecule has 0 saturated carbocycles. The molecule has 2 unspecified atom stereocenters. The van der Waals surface area contributed by atoms with Gasteiger partial charge in [-0.2, -0.15) is 0 Å². The van der Waals surface area contributed by atoms with Crippen LogP contribution in [0.5, 0.6) is 0 Å². The van der Waals surface area contributed by atoms with E-state index in [0.29, 0.717) is 6.04 Å². The van der Waals surface area contributed by atoms with Crippen molar-refractivity contribution in [2.75, 3.05) is 7.05 Å². The van der Waals surface area contributed by atoms with Crippen LogP contribution < -0.4 is 5.32 Å². The Morgan fingerprint density at radius 2 is 2.00 bits per heavy atom. The zero-order chi connectivity index (χ0) is 14.4. The molecule has 0 spiro atoms. The fraction of sp³-hybridized carbons (Fsp3) is 0.562. The Balaban J connectivity index is 0.00000144. The number of aromatic nitrogens is 2. The van der Waals surface area contributed by atoms with E-state index in [-0.39, 0.29) is 12.4 Å². The molecule has 2 saturated heterocycles. The average Bonchev–Trinajstić information content (AvgIpc) is 3.00. The molecule has 2 bridgehead atoms. The van der Waals surface area contributed by atoms with Crippen molar-refractivity contribution in [2.24, 2.45) is 0 Å². The maximum atomic E-state index is 6.03. The van der Waals surface area contributed by atoms with E-state index in [4.69, 9.17) is 11.6 Å². The number of imidazole rings is 1. The Hall–Kier alpha value is -0.810. The van der Waals surface area contributed by atoms with Gasteiger partial charge in [-0.25, -0.2) is 4.98 Å². The molecule has 2 aromatic rings. The number of nitrogens with one attached hydrogen (secondary N) is 1. The molecule has 4 heterocycles. The van der Waals surface area contributed by atoms with Crippen molar-refractivity contribution in [3.63, 3.8) is 0 Å². The van der Waals surface area contributed by atoms with E-state index in [2.05, 4.69) is 28.4 Å². The molecule has 2 aromatic heterocycles. The quantitative estimate of drug-likeness (QED) is 0.931. The van der Waals surface area contributed by atoms with Crippen LogP contribution in [0.3, 0.4) is 0 Å². The molecule has 0 radical (unpaired) electrons. The summed E-state index contributed by atoms with van der Waals surface area (Å²) in [5, 5.41) is 4.45. The van der Waals surface area contributed by atoms with Crippen molar-refractivity contribution < 1.29 is 0 Å². The van der Waals surface area contributed by atoms with E-state index in [1.165, 1.54) is 25.7 Å². The second kappa shape index (κ2) is 6.36. The molecule has 2 atom stereocenters. The summed E-state index contributed by atoms with van der Waals surface area (Å²) in [6.07, 6.45) is 9.24. The van der Waals surface area contributed by atoms with Crippen molar-refractivity contribution in [1.29, 1.82) is 0 Å². The molecule has 2 fully saturated rings. The van der Waals surface area contributed by atoms with E-state index >= 15 is 0 Å². The smallest absolute Gasteiger partial charge is 0.137 e. The Morgan fingerprint density at radius 1 is 1.27 bits per heavy atom. The molecule has 0 amide bonds. The van der Waals surface area contributed by atoms with Crippen LogP contribution in [0, 0.1) is 0 Å². The van der Waals surface area contributed by atoms with Crippen LogP contribution >= 0.6 is 24.0 Å². The van der Waals surface area contributed by atoms with Gasteiger partial charge in [-0.15, -0.1) is 12.4 Å². The predicted octanol–water partition coefficient (Wildman–Crippen LogP) is 3.12. The normalized spacial score (nSPS) is 27.3. The van der Waals surface area contributed by atoms with Crippen molar-refractivity contribution in [3.05, 3.63) is 35.2 Å². The van der Waals surface area contributed by atoms with Crippen molar-refractivity contribution >= 4 is 29.7 Å². The van der Waals surface area contributed by atoms with Crippen LogP contribution in [-0.2, 0) is 6.54 Å². The van der Waals surface area contributed by atoms with Crippen LogP contribution in [0.25, 0.3) is 5.65 Å². The van der Waals surface area contributed by atoms with Crippen LogP contribution in [-0.4, -0.2) is 39.5 Å². The molecule has 0 aromatic carbocycles. The molecule has 6 heteroatoms. The number of hydrogen-bond acceptors (Lipinski definition) is 3. The number of nitrogens with zero attached hydrogens (tertiary/aromatic N) is 3. The summed E-state index contributed by atoms with van der Waals surface area (Å²) in [4.78, 5) is 7.16. The highest BCUT2D eigenvalue weighted by Gasteiger charge is 2.35. The molecule has 4 rings (SSSR count). The van der Waals surface area contributed by atoms with Gasteiger partial charge in [0, 0.05) is 37.1 Å². The monoisotopic (exact) mass is 340 g/mol. The Labute approximate surface area is 142 Å². The number of halogens is 2. The maximum absolute atomic E-state index is 6.03. The number of rotatable bonds is 3. The molecule has 22 heavy (non-hydrogen) atoms. The minimum Gasteiger partial charge on any atom is -0.311 e. The third-order valence-corrected chi connectivity index (χ3v) is 5.17. The second-order valence-electron chi connectivity index (χ2n) is 6.52. The van der Waals surface area contributed by atoms with Crippen molar-refractivity contribution in [2.45, 2.75) is 50.4 Å². The highest BCUT2D eigenvalue weighted by molar-refractivity contribution is 6.30. The zero-order valence-electron chi connectivity index (χ0n) is 12.7. The van der Waals surface area contributed by atoms with Gasteiger partial charge in [-0.3, -0.25) is 4.90 Å². The first kappa shape index (κ1) is 16.1. The predicted molar refractivity (Wildman–Crippen MR) is 91.9 cm³/mol. The topological polar surface area (TPSA) is 32.6 Å². The molecule has 0 aliphatic carbocycles. The van der Waals surface area contributed by atoms with Gasteiger partial charge < -0.3 is 9.72 Å². The van der Waals surface area contributed by atoms with E-state index in [1.54, 1.807) is 0 Å². The third kappa shape index (κ3) is 3.11. The standard InChI is InChI=1S/C16H21ClN4.ClH/c1-20(15-6-12-3-4-13(7-15)18-12)9-14-10-21-8-11(17)2-5-16(21)19-14;/h2,5,8,10,12-13,15,18H,3-4,6-7,9H2,1H3;1H. The Morgan fingerprint density at radius 3 is 2.73 bits per heavy atom. The fourth-order valence-corrected chi connectivity index (χ4v) is 4.03. The average molecular weight is 341 g/mol. The van der Waals surface area contributed by atoms with E-state index in [1.807, 2.05) is 22.7 Å². The summed E-state index contributed by atoms with van der Waals surface area (Å²) in [6, 6.07) is 6.00. The number of hydrogen-bond donors (Lipinski definition) is 1. The fourth-order valence-electron chi connectivity index (χ4n) is 3.87. The van der Waals surface area contributed by atoms with Crippen molar-refractivity contribution in [3.8, 4) is 0 Å². The van der Waals surface area contributed by atoms with Gasteiger partial charge in [-0.05, 0) is 44.9 Å². The molecular weight excluding hydrogens is 319 g/mol. The van der Waals surface area contributed by atoms with Gasteiger partial charge in [0.05, 0.1) is 10.7 Å². The van der Waals surface area contributed by atoms with E-state index < -0.39 is 0 Å². The summed E-state index contributed by atoms with van der Waals surface area (Å²) in [7, 11) is 2.23. The minimum absolute atomic E-state index is 0. The number of piperidine rings is 1. The lowest BCUT2D eigenvalue weighted by Gasteiger charge is -2.35. The highest BCUT2D eigenvalue weighted by Crippen LogP contribution is 2.29. The Kier molecular flexibility index (Phi) is 4.64. The number of fused-ring (bicyclic) bond motifs is 3. The molecule has 1 N–H and O–H groups in total. The summed E-state index contributed by atoms with van der Waals surface area (Å²) < 4.78 is 2.01. The van der Waals surface area contributed by atoms with Gasteiger partial charge in [0.15, 0.2) is 0 Å². The third-order valence-electron chi connectivity index (χ3n) is 4.95. The second-order valence-corrected chi connectivity index (χ2v) is 6.96. The lowest BCUT2D eigenvalue weighted by Crippen LogP contribution is -2.46. The highest BCUT2D eigenvalue weighted by atomic mass is 35.5. The summed E-state index contributed by atoms with van der Waals surface area (Å²) in [5.41, 5.74) is 2.08. The van der Waals surface area contributed by atoms with E-state index in [0.717, 1.165) is 35.0 Å². The first-order valence-corrected chi connectivity index (χ1v) is 8.14. The number of pyridine rings is 1. The van der Waals surface area contributed by atoms with Crippen LogP contribution in [0.15, 0.2) is 24.5 Å². The van der Waals surface area contributed by atoms with Gasteiger partial charge >= 0.3 is 0 Å². The Bertz CT molecular complexity index is 645. The van der Waals surface area contributed by atoms with Gasteiger partial charge in [0.1, 0.15) is 5.65 Å². The van der Waals surface area contributed by atoms with Gasteiger partial charge in [0.25, 0.3) is 0 Å². The molecule has 4 nitrogen and oxygen atoms in total. The van der Waals surface area contributed by atoms with Gasteiger partial charge in [0.2, 0.25) is 0 Å². The molecule has 2 aliphatic heterocycles. The summed E-state index contributed by atoms with van der Waals surface area (Å²) >= 11 is 6.03. The zero-order valence-corrected chi connectivity index (χ0v) is 14.3. The van der Waals surface area contributed by atoms with E-state index in [9.17, 15) is 0 Å². The molecule has 120 valence electrons. The SMILES string of the molecule is CN(Cc1cn2cc(Cl)ccc2n1)C1CC2CCC(C1)N2.Cl. The van der Waals surface area contributed by atoms with Crippen LogP contribution in [0.1, 0.15) is 31.4 Å². The van der Waals surface area contributed by atoms with Gasteiger partial charge in [-0.1, -0.05) is 11.6 Å². The maximum Gasteiger partial charge on any atom is 0.137 e. The molecule has 2 aliphatic rings. The lowest BCUT2D eigenvalue weighted by molar-refractivity contribution is 0.164. The lowest BCUT2D eigenvalue weighted by atomic mass is 9.98. The summed E-state index contributed by atoms with van der Waals surface area (Å²) in [6.45, 7) is 0.906. The van der Waals surface area contributed by atoms with Crippen LogP contribution in [0.2, 0.25) is 5.02 Å². The van der Waals surface area contributed by atoms with Crippen LogP contribution in [0.4, 0.5) is 0 Å².